The Morgan fingerprint density at radius 3 is 2.75 bits per heavy atom. The number of hydroxylamine groups is 2. The van der Waals surface area contributed by atoms with E-state index in [4.69, 9.17) is 10.6 Å². The van der Waals surface area contributed by atoms with Crippen molar-refractivity contribution in [1.29, 1.82) is 0 Å². The number of hydrogen-bond acceptors (Lipinski definition) is 3. The third-order valence-corrected chi connectivity index (χ3v) is 2.35. The molecule has 1 heterocycles. The molecular weight excluding hydrogens is 204 g/mol. The molecule has 4 heteroatoms. The van der Waals surface area contributed by atoms with Crippen molar-refractivity contribution in [3.05, 3.63) is 35.9 Å². The fourth-order valence-corrected chi connectivity index (χ4v) is 1.48. The first-order valence-electron chi connectivity index (χ1n) is 5.24. The summed E-state index contributed by atoms with van der Waals surface area (Å²) in [7, 11) is 0. The molecule has 0 spiro atoms. The number of amides is 1. The molecule has 1 fully saturated rings. The average molecular weight is 218 g/mol. The van der Waals surface area contributed by atoms with Crippen LogP contribution in [0.3, 0.4) is 0 Å². The Labute approximate surface area is 94.3 Å². The minimum atomic E-state index is -0.116. The van der Waals surface area contributed by atoms with E-state index < -0.39 is 0 Å². The van der Waals surface area contributed by atoms with Crippen molar-refractivity contribution >= 4 is 17.7 Å². The van der Waals surface area contributed by atoms with Crippen molar-refractivity contribution in [3.63, 3.8) is 0 Å². The maximum absolute atomic E-state index is 11.6. The third-order valence-electron chi connectivity index (χ3n) is 2.35. The summed E-state index contributed by atoms with van der Waals surface area (Å²) in [6.45, 7) is 1.30. The minimum absolute atomic E-state index is 0.116. The molecule has 0 radical (unpaired) electrons. The molecule has 0 unspecified atom stereocenters. The van der Waals surface area contributed by atoms with Gasteiger partial charge in [-0.05, 0) is 30.2 Å². The van der Waals surface area contributed by atoms with Crippen LogP contribution in [0, 0.1) is 0 Å². The molecule has 4 nitrogen and oxygen atoms in total. The largest absolute Gasteiger partial charge is 0.399 e. The summed E-state index contributed by atoms with van der Waals surface area (Å²) in [6.07, 6.45) is 4.17. The van der Waals surface area contributed by atoms with Crippen LogP contribution in [0.15, 0.2) is 30.3 Å². The second-order valence-corrected chi connectivity index (χ2v) is 3.63. The Kier molecular flexibility index (Phi) is 3.22. The standard InChI is InChI=1S/C12H14N2O2/c13-11-5-2-10(3-6-11)4-7-12(15)14-8-1-9-16-14/h2-7H,1,8-9,13H2/b7-4+. The van der Waals surface area contributed by atoms with Crippen LogP contribution in [-0.4, -0.2) is 24.1 Å². The monoisotopic (exact) mass is 218 g/mol. The lowest BCUT2D eigenvalue weighted by atomic mass is 10.2. The van der Waals surface area contributed by atoms with Gasteiger partial charge in [0.2, 0.25) is 0 Å². The molecule has 0 aromatic heterocycles. The van der Waals surface area contributed by atoms with Gasteiger partial charge in [0.25, 0.3) is 5.91 Å². The van der Waals surface area contributed by atoms with Gasteiger partial charge in [-0.25, -0.2) is 5.06 Å². The molecule has 2 rings (SSSR count). The lowest BCUT2D eigenvalue weighted by Gasteiger charge is -2.10. The van der Waals surface area contributed by atoms with Crippen LogP contribution < -0.4 is 5.73 Å². The first-order chi connectivity index (χ1) is 7.75. The van der Waals surface area contributed by atoms with Gasteiger partial charge in [-0.15, -0.1) is 0 Å². The SMILES string of the molecule is Nc1ccc(/C=C/C(=O)N2CCCO2)cc1. The van der Waals surface area contributed by atoms with Crippen LogP contribution in [0.4, 0.5) is 5.69 Å². The van der Waals surface area contributed by atoms with Crippen molar-refractivity contribution in [1.82, 2.24) is 5.06 Å². The lowest BCUT2D eigenvalue weighted by molar-refractivity contribution is -0.162. The number of nitrogens with two attached hydrogens (primary N) is 1. The first kappa shape index (κ1) is 10.7. The number of hydrogen-bond donors (Lipinski definition) is 1. The van der Waals surface area contributed by atoms with E-state index in [-0.39, 0.29) is 5.91 Å². The molecule has 1 aromatic rings. The summed E-state index contributed by atoms with van der Waals surface area (Å²) in [6, 6.07) is 7.33. The summed E-state index contributed by atoms with van der Waals surface area (Å²) in [5.74, 6) is -0.116. The topological polar surface area (TPSA) is 55.6 Å². The third kappa shape index (κ3) is 2.61. The molecular formula is C12H14N2O2. The predicted molar refractivity (Wildman–Crippen MR) is 62.2 cm³/mol. The molecule has 0 atom stereocenters. The van der Waals surface area contributed by atoms with Gasteiger partial charge in [-0.3, -0.25) is 9.63 Å². The molecule has 1 aliphatic heterocycles. The van der Waals surface area contributed by atoms with Crippen LogP contribution in [0.2, 0.25) is 0 Å². The maximum Gasteiger partial charge on any atom is 0.270 e. The molecule has 1 amide bonds. The van der Waals surface area contributed by atoms with Gasteiger partial charge >= 0.3 is 0 Å². The van der Waals surface area contributed by atoms with E-state index in [9.17, 15) is 4.79 Å². The highest BCUT2D eigenvalue weighted by Crippen LogP contribution is 2.09. The number of nitrogens with zero attached hydrogens (tertiary/aromatic N) is 1. The summed E-state index contributed by atoms with van der Waals surface area (Å²) >= 11 is 0. The molecule has 16 heavy (non-hydrogen) atoms. The summed E-state index contributed by atoms with van der Waals surface area (Å²) < 4.78 is 0. The summed E-state index contributed by atoms with van der Waals surface area (Å²) in [5.41, 5.74) is 7.22. The van der Waals surface area contributed by atoms with E-state index in [0.29, 0.717) is 18.8 Å². The molecule has 84 valence electrons. The number of nitrogen functional groups attached to an aromatic ring is 1. The van der Waals surface area contributed by atoms with Crippen LogP contribution in [0.1, 0.15) is 12.0 Å². The van der Waals surface area contributed by atoms with Gasteiger partial charge in [0.1, 0.15) is 0 Å². The summed E-state index contributed by atoms with van der Waals surface area (Å²) in [4.78, 5) is 16.7. The number of benzene rings is 1. The van der Waals surface area contributed by atoms with Gasteiger partial charge in [-0.2, -0.15) is 0 Å². The van der Waals surface area contributed by atoms with Crippen molar-refractivity contribution < 1.29 is 9.63 Å². The molecule has 0 aliphatic carbocycles. The van der Waals surface area contributed by atoms with Crippen molar-refractivity contribution in [2.75, 3.05) is 18.9 Å². The molecule has 1 saturated heterocycles. The van der Waals surface area contributed by atoms with Crippen molar-refractivity contribution in [3.8, 4) is 0 Å². The molecule has 1 aliphatic rings. The van der Waals surface area contributed by atoms with E-state index >= 15 is 0 Å². The molecule has 2 N–H and O–H groups in total. The first-order valence-corrected chi connectivity index (χ1v) is 5.24. The van der Waals surface area contributed by atoms with E-state index in [0.717, 1.165) is 12.0 Å². The normalized spacial score (nSPS) is 15.9. The molecule has 0 saturated carbocycles. The van der Waals surface area contributed by atoms with Gasteiger partial charge < -0.3 is 5.73 Å². The average Bonchev–Trinajstić information content (AvgIpc) is 2.81. The zero-order valence-corrected chi connectivity index (χ0v) is 8.93. The second-order valence-electron chi connectivity index (χ2n) is 3.63. The highest BCUT2D eigenvalue weighted by Gasteiger charge is 2.16. The van der Waals surface area contributed by atoms with Gasteiger partial charge in [0.05, 0.1) is 13.2 Å². The van der Waals surface area contributed by atoms with E-state index in [2.05, 4.69) is 0 Å². The minimum Gasteiger partial charge on any atom is -0.399 e. The highest BCUT2D eigenvalue weighted by molar-refractivity contribution is 5.91. The number of carbonyl (C=O) groups excluding carboxylic acids is 1. The predicted octanol–water partition coefficient (Wildman–Crippen LogP) is 1.45. The number of anilines is 1. The van der Waals surface area contributed by atoms with Gasteiger partial charge in [-0.1, -0.05) is 12.1 Å². The van der Waals surface area contributed by atoms with E-state index in [1.54, 1.807) is 18.2 Å². The lowest BCUT2D eigenvalue weighted by Crippen LogP contribution is -2.24. The number of rotatable bonds is 2. The number of carbonyl (C=O) groups is 1. The Hall–Kier alpha value is -1.81. The van der Waals surface area contributed by atoms with Gasteiger partial charge in [0.15, 0.2) is 0 Å². The molecule has 0 bridgehead atoms. The Balaban J connectivity index is 1.97. The Morgan fingerprint density at radius 1 is 1.38 bits per heavy atom. The van der Waals surface area contributed by atoms with E-state index in [1.807, 2.05) is 12.1 Å². The fraction of sp³-hybridized carbons (Fsp3) is 0.250. The molecule has 1 aromatic carbocycles. The smallest absolute Gasteiger partial charge is 0.270 e. The highest BCUT2D eigenvalue weighted by atomic mass is 16.7. The van der Waals surface area contributed by atoms with Crippen LogP contribution >= 0.6 is 0 Å². The zero-order chi connectivity index (χ0) is 11.4. The van der Waals surface area contributed by atoms with Gasteiger partial charge in [0, 0.05) is 11.8 Å². The van der Waals surface area contributed by atoms with Crippen LogP contribution in [-0.2, 0) is 9.63 Å². The maximum atomic E-state index is 11.6. The van der Waals surface area contributed by atoms with Crippen LogP contribution in [0.5, 0.6) is 0 Å². The van der Waals surface area contributed by atoms with E-state index in [1.165, 1.54) is 11.1 Å². The Morgan fingerprint density at radius 2 is 2.12 bits per heavy atom. The van der Waals surface area contributed by atoms with Crippen molar-refractivity contribution in [2.45, 2.75) is 6.42 Å². The Bertz CT molecular complexity index is 392. The van der Waals surface area contributed by atoms with Crippen LogP contribution in [0.25, 0.3) is 6.08 Å². The summed E-state index contributed by atoms with van der Waals surface area (Å²) in [5, 5.41) is 1.38. The van der Waals surface area contributed by atoms with Crippen molar-refractivity contribution in [2.24, 2.45) is 0 Å². The quantitative estimate of drug-likeness (QED) is 0.603. The fourth-order valence-electron chi connectivity index (χ4n) is 1.48. The zero-order valence-electron chi connectivity index (χ0n) is 8.93. The second kappa shape index (κ2) is 4.81.